The van der Waals surface area contributed by atoms with Crippen molar-refractivity contribution in [1.29, 1.82) is 0 Å². The highest BCUT2D eigenvalue weighted by Crippen LogP contribution is 2.28. The molecule has 0 radical (unpaired) electrons. The molecule has 0 unspecified atom stereocenters. The first kappa shape index (κ1) is 34.4. The molecule has 2 rings (SSSR count). The molecule has 11 nitrogen and oxygen atoms in total. The number of ketones is 2. The molecule has 0 aromatic rings. The van der Waals surface area contributed by atoms with E-state index < -0.39 is 53.9 Å². The molecule has 5 N–H and O–H groups in total. The molecular formula is C31H43N3O8. The van der Waals surface area contributed by atoms with Crippen LogP contribution in [0.3, 0.4) is 0 Å². The minimum Gasteiger partial charge on any atom is -0.439 e. The number of Topliss-reactive ketones (excluding diaryl/α,β-unsaturated/α-hetero) is 1. The van der Waals surface area contributed by atoms with Gasteiger partial charge in [-0.1, -0.05) is 44.2 Å². The molecular weight excluding hydrogens is 542 g/mol. The van der Waals surface area contributed by atoms with Crippen LogP contribution in [0.5, 0.6) is 0 Å². The topological polar surface area (TPSA) is 166 Å². The van der Waals surface area contributed by atoms with E-state index in [9.17, 15) is 24.3 Å². The molecule has 1 aliphatic carbocycles. The van der Waals surface area contributed by atoms with E-state index in [1.165, 1.54) is 20.3 Å². The molecule has 0 saturated heterocycles. The second kappa shape index (κ2) is 16.0. The Morgan fingerprint density at radius 3 is 2.50 bits per heavy atom. The van der Waals surface area contributed by atoms with Crippen molar-refractivity contribution in [1.82, 2.24) is 10.6 Å². The maximum Gasteiger partial charge on any atom is 0.405 e. The number of ether oxygens (including phenoxy) is 3. The van der Waals surface area contributed by atoms with Crippen LogP contribution in [0.1, 0.15) is 40.5 Å². The fourth-order valence-corrected chi connectivity index (χ4v) is 4.95. The van der Waals surface area contributed by atoms with E-state index in [1.807, 2.05) is 6.92 Å². The van der Waals surface area contributed by atoms with Crippen LogP contribution in [-0.4, -0.2) is 73.9 Å². The van der Waals surface area contributed by atoms with Crippen LogP contribution < -0.4 is 16.4 Å². The number of primary amides is 1. The average molecular weight is 586 g/mol. The van der Waals surface area contributed by atoms with E-state index in [2.05, 4.69) is 17.2 Å². The number of allylic oxidation sites excluding steroid dienone is 4. The number of nitrogens with two attached hydrogens (primary N) is 1. The summed E-state index contributed by atoms with van der Waals surface area (Å²) in [4.78, 5) is 51.3. The second-order valence-corrected chi connectivity index (χ2v) is 10.6. The highest BCUT2D eigenvalue weighted by Gasteiger charge is 2.33. The first-order chi connectivity index (χ1) is 19.8. The van der Waals surface area contributed by atoms with Crippen molar-refractivity contribution < 1.29 is 38.5 Å². The average Bonchev–Trinajstić information content (AvgIpc) is 2.94. The molecule has 2 amide bonds. The highest BCUT2D eigenvalue weighted by molar-refractivity contribution is 6.23. The summed E-state index contributed by atoms with van der Waals surface area (Å²) in [5.41, 5.74) is 6.42. The zero-order valence-electron chi connectivity index (χ0n) is 25.1. The second-order valence-electron chi connectivity index (χ2n) is 10.6. The van der Waals surface area contributed by atoms with Crippen molar-refractivity contribution in [3.63, 3.8) is 0 Å². The lowest BCUT2D eigenvalue weighted by Crippen LogP contribution is -2.37. The third-order valence-corrected chi connectivity index (χ3v) is 7.22. The number of aliphatic hydroxyl groups excluding tert-OH is 1. The van der Waals surface area contributed by atoms with Crippen molar-refractivity contribution in [2.24, 2.45) is 17.6 Å². The van der Waals surface area contributed by atoms with E-state index in [1.54, 1.807) is 45.1 Å². The molecule has 1 heterocycles. The molecule has 11 heteroatoms. The Balaban J connectivity index is 2.62. The first-order valence-corrected chi connectivity index (χ1v) is 13.8. The number of fused-ring (bicyclic) bond motifs is 2. The zero-order chi connectivity index (χ0) is 31.6. The minimum absolute atomic E-state index is 0.132. The van der Waals surface area contributed by atoms with Gasteiger partial charge in [-0.3, -0.25) is 14.4 Å². The molecule has 0 aromatic heterocycles. The van der Waals surface area contributed by atoms with Crippen molar-refractivity contribution in [2.45, 2.75) is 65.0 Å². The van der Waals surface area contributed by atoms with Gasteiger partial charge in [-0.05, 0) is 38.2 Å². The fraction of sp³-hybridized carbons (Fsp3) is 0.484. The number of carbonyl (C=O) groups is 4. The van der Waals surface area contributed by atoms with Gasteiger partial charge >= 0.3 is 6.09 Å². The van der Waals surface area contributed by atoms with Crippen molar-refractivity contribution in [3.05, 3.63) is 71.1 Å². The van der Waals surface area contributed by atoms with Gasteiger partial charge in [0, 0.05) is 43.9 Å². The van der Waals surface area contributed by atoms with Gasteiger partial charge in [0.15, 0.2) is 6.10 Å². The van der Waals surface area contributed by atoms with Gasteiger partial charge in [0.1, 0.15) is 6.10 Å². The lowest BCUT2D eigenvalue weighted by molar-refractivity contribution is -0.120. The van der Waals surface area contributed by atoms with Gasteiger partial charge in [-0.25, -0.2) is 4.79 Å². The van der Waals surface area contributed by atoms with E-state index >= 15 is 0 Å². The molecule has 2 bridgehead atoms. The summed E-state index contributed by atoms with van der Waals surface area (Å²) in [5.74, 6) is -2.14. The Morgan fingerprint density at radius 1 is 1.21 bits per heavy atom. The number of nitrogens with one attached hydrogen (secondary N) is 2. The van der Waals surface area contributed by atoms with Crippen LogP contribution in [0, 0.1) is 11.8 Å². The van der Waals surface area contributed by atoms with E-state index in [0.717, 1.165) is 6.08 Å². The summed E-state index contributed by atoms with van der Waals surface area (Å²) in [6.45, 7) is 10.9. The van der Waals surface area contributed by atoms with Crippen LogP contribution in [0.4, 0.5) is 4.79 Å². The minimum atomic E-state index is -1.00. The monoisotopic (exact) mass is 585 g/mol. The summed E-state index contributed by atoms with van der Waals surface area (Å²) >= 11 is 0. The third kappa shape index (κ3) is 9.10. The maximum atomic E-state index is 13.5. The van der Waals surface area contributed by atoms with Crippen molar-refractivity contribution in [2.75, 3.05) is 20.8 Å². The van der Waals surface area contributed by atoms with E-state index in [4.69, 9.17) is 19.9 Å². The number of methoxy groups -OCH3 is 2. The van der Waals surface area contributed by atoms with E-state index in [0.29, 0.717) is 12.0 Å². The SMILES string of the molecule is C=CCNC1=C2C[C@H](C)C[C@H](OC)[C@@H](O)[C@H](C)/C=C(/C)[C@H](OC(N)=O)[C@@H](OC)/C=C\C=C(\C)C(=O)NC(=CC1=O)C2=O. The Morgan fingerprint density at radius 2 is 1.90 bits per heavy atom. The van der Waals surface area contributed by atoms with Crippen molar-refractivity contribution >= 4 is 23.6 Å². The van der Waals surface area contributed by atoms with Gasteiger partial charge < -0.3 is 35.7 Å². The van der Waals surface area contributed by atoms with Crippen LogP contribution in [0.2, 0.25) is 0 Å². The normalized spacial score (nSPS) is 31.6. The Labute approximate surface area is 247 Å². The fourth-order valence-electron chi connectivity index (χ4n) is 4.95. The molecule has 6 atom stereocenters. The molecule has 2 aliphatic rings. The van der Waals surface area contributed by atoms with Gasteiger partial charge in [0.25, 0.3) is 5.91 Å². The van der Waals surface area contributed by atoms with Gasteiger partial charge in [0.2, 0.25) is 11.6 Å². The van der Waals surface area contributed by atoms with Crippen LogP contribution in [0.15, 0.2) is 71.1 Å². The molecule has 42 heavy (non-hydrogen) atoms. The predicted molar refractivity (Wildman–Crippen MR) is 158 cm³/mol. The zero-order valence-corrected chi connectivity index (χ0v) is 25.1. The first-order valence-electron chi connectivity index (χ1n) is 13.8. The number of carbonyl (C=O) groups excluding carboxylic acids is 4. The summed E-state index contributed by atoms with van der Waals surface area (Å²) in [5, 5.41) is 16.7. The number of amides is 2. The van der Waals surface area contributed by atoms with E-state index in [-0.39, 0.29) is 41.4 Å². The Kier molecular flexibility index (Phi) is 13.1. The highest BCUT2D eigenvalue weighted by atomic mass is 16.6. The quantitative estimate of drug-likeness (QED) is 0.271. The van der Waals surface area contributed by atoms with Gasteiger partial charge in [-0.15, -0.1) is 6.58 Å². The molecule has 0 fully saturated rings. The summed E-state index contributed by atoms with van der Waals surface area (Å²) < 4.78 is 16.6. The number of rotatable bonds is 6. The predicted octanol–water partition coefficient (Wildman–Crippen LogP) is 2.54. The van der Waals surface area contributed by atoms with Crippen molar-refractivity contribution in [3.8, 4) is 0 Å². The molecule has 0 spiro atoms. The van der Waals surface area contributed by atoms with Crippen LogP contribution in [0.25, 0.3) is 0 Å². The lowest BCUT2D eigenvalue weighted by Gasteiger charge is -2.30. The maximum absolute atomic E-state index is 13.5. The summed E-state index contributed by atoms with van der Waals surface area (Å²) in [7, 11) is 2.92. The molecule has 230 valence electrons. The molecule has 0 saturated carbocycles. The molecule has 1 aliphatic heterocycles. The van der Waals surface area contributed by atoms with Crippen LogP contribution >= 0.6 is 0 Å². The molecule has 0 aromatic carbocycles. The van der Waals surface area contributed by atoms with Gasteiger partial charge in [-0.2, -0.15) is 0 Å². The standard InChI is InChI=1S/C31H43N3O8/c1-8-12-33-26-21-13-17(2)14-25(41-7)27(36)19(4)15-20(5)29(42-31(32)39)24(40-6)11-9-10-18(3)30(38)34-22(28(21)37)16-23(26)35/h8-11,15-17,19,24-25,27,29,33,36H,1,12-14H2,2-7H3,(H2,32,39)(H,34,38)/b11-9-,18-10-,20-15-/t17-,19+,24-,25-,27-,29-/m0/s1. The summed E-state index contributed by atoms with van der Waals surface area (Å²) in [6, 6.07) is 0. The third-order valence-electron chi connectivity index (χ3n) is 7.22. The smallest absolute Gasteiger partial charge is 0.405 e. The van der Waals surface area contributed by atoms with Gasteiger partial charge in [0.05, 0.1) is 23.6 Å². The number of aliphatic hydroxyl groups is 1. The lowest BCUT2D eigenvalue weighted by atomic mass is 9.85. The number of hydrogen-bond acceptors (Lipinski definition) is 9. The Bertz CT molecular complexity index is 1210. The summed E-state index contributed by atoms with van der Waals surface area (Å²) in [6.07, 6.45) is 5.34. The largest absolute Gasteiger partial charge is 0.439 e. The van der Waals surface area contributed by atoms with Crippen LogP contribution in [-0.2, 0) is 28.6 Å². The number of hydrogen-bond donors (Lipinski definition) is 4. The Hall–Kier alpha value is -3.80.